The molecule has 132 valence electrons. The number of aliphatic hydroxyl groups excluding tert-OH is 2. The predicted octanol–water partition coefficient (Wildman–Crippen LogP) is 2.95. The van der Waals surface area contributed by atoms with Gasteiger partial charge in [-0.2, -0.15) is 0 Å². The Morgan fingerprint density at radius 3 is 2.35 bits per heavy atom. The quantitative estimate of drug-likeness (QED) is 0.389. The van der Waals surface area contributed by atoms with Crippen LogP contribution in [-0.4, -0.2) is 35.5 Å². The van der Waals surface area contributed by atoms with Crippen LogP contribution in [0.5, 0.6) is 0 Å². The van der Waals surface area contributed by atoms with Crippen LogP contribution in [0.1, 0.15) is 40.5 Å². The fraction of sp³-hybridized carbons (Fsp3) is 0.737. The third-order valence-electron chi connectivity index (χ3n) is 5.47. The number of carbonyl (C=O) groups is 1. The van der Waals surface area contributed by atoms with Crippen molar-refractivity contribution in [3.63, 3.8) is 0 Å². The summed E-state index contributed by atoms with van der Waals surface area (Å²) in [5.41, 5.74) is 1.41. The Balaban J connectivity index is 3.25. The highest BCUT2D eigenvalue weighted by molar-refractivity contribution is 5.90. The Hall–Kier alpha value is -1.13. The highest BCUT2D eigenvalue weighted by Gasteiger charge is 2.47. The van der Waals surface area contributed by atoms with E-state index in [1.165, 1.54) is 0 Å². The smallest absolute Gasteiger partial charge is 0.334 e. The number of hydrogen-bond acceptors (Lipinski definition) is 4. The molecule has 4 nitrogen and oxygen atoms in total. The molecule has 1 saturated heterocycles. The van der Waals surface area contributed by atoms with Gasteiger partial charge in [0.25, 0.3) is 0 Å². The second-order valence-electron chi connectivity index (χ2n) is 7.00. The summed E-state index contributed by atoms with van der Waals surface area (Å²) < 4.78 is 5.61. The molecule has 0 aromatic rings. The van der Waals surface area contributed by atoms with Crippen molar-refractivity contribution < 1.29 is 19.7 Å². The maximum Gasteiger partial charge on any atom is 0.334 e. The number of aliphatic hydroxyl groups is 2. The van der Waals surface area contributed by atoms with Crippen molar-refractivity contribution in [1.29, 1.82) is 0 Å². The fourth-order valence-corrected chi connectivity index (χ4v) is 3.60. The van der Waals surface area contributed by atoms with E-state index in [2.05, 4.69) is 33.9 Å². The molecule has 5 atom stereocenters. The summed E-state index contributed by atoms with van der Waals surface area (Å²) in [4.78, 5) is 12.0. The number of ether oxygens (including phenoxy) is 1. The minimum atomic E-state index is -0.417. The van der Waals surface area contributed by atoms with E-state index >= 15 is 0 Å². The molecular formula is C19H32O4. The zero-order valence-electron chi connectivity index (χ0n) is 14.9. The first-order chi connectivity index (χ1) is 10.8. The van der Waals surface area contributed by atoms with Gasteiger partial charge in [0.2, 0.25) is 0 Å². The normalized spacial score (nSPS) is 25.3. The number of esters is 1. The van der Waals surface area contributed by atoms with Crippen LogP contribution in [0.15, 0.2) is 24.3 Å². The zero-order chi connectivity index (χ0) is 17.7. The van der Waals surface area contributed by atoms with Crippen LogP contribution in [0.3, 0.4) is 0 Å². The first kappa shape index (κ1) is 19.9. The zero-order valence-corrected chi connectivity index (χ0v) is 14.9. The average molecular weight is 324 g/mol. The molecule has 0 spiro atoms. The van der Waals surface area contributed by atoms with E-state index in [4.69, 9.17) is 4.74 Å². The van der Waals surface area contributed by atoms with E-state index in [0.29, 0.717) is 17.9 Å². The second-order valence-corrected chi connectivity index (χ2v) is 7.00. The molecule has 1 rings (SSSR count). The molecule has 1 heterocycles. The van der Waals surface area contributed by atoms with Gasteiger partial charge in [0.15, 0.2) is 0 Å². The fourth-order valence-electron chi connectivity index (χ4n) is 3.60. The topological polar surface area (TPSA) is 66.8 Å². The lowest BCUT2D eigenvalue weighted by atomic mass is 9.67. The molecular weight excluding hydrogens is 292 g/mol. The molecule has 1 fully saturated rings. The number of carbonyl (C=O) groups excluding carboxylic acids is 1. The summed E-state index contributed by atoms with van der Waals surface area (Å²) in [6.07, 6.45) is 1.00. The lowest BCUT2D eigenvalue weighted by Crippen LogP contribution is -2.40. The van der Waals surface area contributed by atoms with Gasteiger partial charge in [-0.3, -0.25) is 0 Å². The molecule has 4 heteroatoms. The van der Waals surface area contributed by atoms with Crippen LogP contribution < -0.4 is 0 Å². The van der Waals surface area contributed by atoms with Crippen LogP contribution in [-0.2, 0) is 9.53 Å². The summed E-state index contributed by atoms with van der Waals surface area (Å²) in [6.45, 7) is 16.4. The highest BCUT2D eigenvalue weighted by Crippen LogP contribution is 2.43. The molecule has 0 saturated carbocycles. The van der Waals surface area contributed by atoms with Gasteiger partial charge in [0.05, 0.1) is 12.5 Å². The number of rotatable bonds is 9. The third kappa shape index (κ3) is 4.24. The Morgan fingerprint density at radius 1 is 1.30 bits per heavy atom. The van der Waals surface area contributed by atoms with Crippen molar-refractivity contribution >= 4 is 5.97 Å². The molecule has 0 aliphatic carbocycles. The van der Waals surface area contributed by atoms with Crippen molar-refractivity contribution in [3.8, 4) is 0 Å². The molecule has 1 aliphatic heterocycles. The van der Waals surface area contributed by atoms with Crippen molar-refractivity contribution in [3.05, 3.63) is 24.3 Å². The Morgan fingerprint density at radius 2 is 1.91 bits per heavy atom. The summed E-state index contributed by atoms with van der Waals surface area (Å²) in [5.74, 6) is -0.0835. The third-order valence-corrected chi connectivity index (χ3v) is 5.47. The van der Waals surface area contributed by atoms with Crippen LogP contribution in [0.2, 0.25) is 0 Å². The van der Waals surface area contributed by atoms with E-state index in [1.807, 2.05) is 6.92 Å². The molecule has 2 N–H and O–H groups in total. The largest absolute Gasteiger partial charge is 0.458 e. The van der Waals surface area contributed by atoms with Gasteiger partial charge < -0.3 is 14.9 Å². The second kappa shape index (κ2) is 8.65. The van der Waals surface area contributed by atoms with Crippen molar-refractivity contribution in [2.75, 3.05) is 13.2 Å². The standard InChI is InChI=1S/C19H32O4/c1-7-12(4)15(8-9-20)17(13(5)11(2)3)18-16(10-21)14(6)19(22)23-18/h11,13,15-18,20-21H,4,6-10H2,1-3,5H3. The van der Waals surface area contributed by atoms with Gasteiger partial charge >= 0.3 is 5.97 Å². The van der Waals surface area contributed by atoms with E-state index in [0.717, 1.165) is 12.0 Å². The summed E-state index contributed by atoms with van der Waals surface area (Å²) in [5, 5.41) is 19.2. The Bertz CT molecular complexity index is 441. The number of allylic oxidation sites excluding steroid dienone is 1. The van der Waals surface area contributed by atoms with Crippen LogP contribution in [0, 0.1) is 29.6 Å². The first-order valence-corrected chi connectivity index (χ1v) is 8.59. The summed E-state index contributed by atoms with van der Waals surface area (Å²) >= 11 is 0. The number of hydrogen-bond donors (Lipinski definition) is 2. The molecule has 1 aliphatic rings. The first-order valence-electron chi connectivity index (χ1n) is 8.59. The van der Waals surface area contributed by atoms with E-state index in [9.17, 15) is 15.0 Å². The number of cyclic esters (lactones) is 1. The van der Waals surface area contributed by atoms with Crippen molar-refractivity contribution in [2.45, 2.75) is 46.6 Å². The SMILES string of the molecule is C=C1C(=O)OC(C(C(CCO)C(=C)CC)C(C)C(C)C)C1CO. The summed E-state index contributed by atoms with van der Waals surface area (Å²) in [6, 6.07) is 0. The van der Waals surface area contributed by atoms with Gasteiger partial charge in [-0.25, -0.2) is 4.79 Å². The monoisotopic (exact) mass is 324 g/mol. The minimum absolute atomic E-state index is 0.00921. The van der Waals surface area contributed by atoms with Gasteiger partial charge in [0, 0.05) is 18.1 Å². The lowest BCUT2D eigenvalue weighted by Gasteiger charge is -2.39. The van der Waals surface area contributed by atoms with Gasteiger partial charge in [-0.05, 0) is 30.6 Å². The maximum absolute atomic E-state index is 12.0. The van der Waals surface area contributed by atoms with E-state index < -0.39 is 12.1 Å². The van der Waals surface area contributed by atoms with Crippen molar-refractivity contribution in [2.24, 2.45) is 29.6 Å². The molecule has 0 aromatic heterocycles. The van der Waals surface area contributed by atoms with Crippen LogP contribution >= 0.6 is 0 Å². The van der Waals surface area contributed by atoms with E-state index in [-0.39, 0.29) is 36.9 Å². The summed E-state index contributed by atoms with van der Waals surface area (Å²) in [7, 11) is 0. The molecule has 0 radical (unpaired) electrons. The van der Waals surface area contributed by atoms with Gasteiger partial charge in [-0.1, -0.05) is 46.4 Å². The molecule has 0 aromatic carbocycles. The van der Waals surface area contributed by atoms with Crippen molar-refractivity contribution in [1.82, 2.24) is 0 Å². The Labute approximate surface area is 140 Å². The van der Waals surface area contributed by atoms with Gasteiger partial charge in [0.1, 0.15) is 6.10 Å². The maximum atomic E-state index is 12.0. The van der Waals surface area contributed by atoms with Crippen LogP contribution in [0.25, 0.3) is 0 Å². The highest BCUT2D eigenvalue weighted by atomic mass is 16.6. The molecule has 5 unspecified atom stereocenters. The van der Waals surface area contributed by atoms with Crippen LogP contribution in [0.4, 0.5) is 0 Å². The Kier molecular flexibility index (Phi) is 7.49. The minimum Gasteiger partial charge on any atom is -0.458 e. The molecule has 0 amide bonds. The lowest BCUT2D eigenvalue weighted by molar-refractivity contribution is -0.144. The van der Waals surface area contributed by atoms with Gasteiger partial charge in [-0.15, -0.1) is 0 Å². The van der Waals surface area contributed by atoms with E-state index in [1.54, 1.807) is 0 Å². The average Bonchev–Trinajstić information content (AvgIpc) is 2.80. The predicted molar refractivity (Wildman–Crippen MR) is 91.7 cm³/mol. The molecule has 0 bridgehead atoms. The molecule has 23 heavy (non-hydrogen) atoms.